The lowest BCUT2D eigenvalue weighted by Crippen LogP contribution is -2.36. The van der Waals surface area contributed by atoms with Gasteiger partial charge in [-0.1, -0.05) is 81.5 Å². The zero-order valence-electron chi connectivity index (χ0n) is 24.4. The summed E-state index contributed by atoms with van der Waals surface area (Å²) in [5.41, 5.74) is 0.804. The summed E-state index contributed by atoms with van der Waals surface area (Å²) in [5, 5.41) is 41.5. The first-order chi connectivity index (χ1) is 18.2. The van der Waals surface area contributed by atoms with Gasteiger partial charge < -0.3 is 29.9 Å². The van der Waals surface area contributed by atoms with E-state index in [0.717, 1.165) is 12.0 Å². The van der Waals surface area contributed by atoms with Crippen molar-refractivity contribution < 1.29 is 39.5 Å². The molecule has 0 aromatic carbocycles. The highest BCUT2D eigenvalue weighted by Crippen LogP contribution is 2.27. The number of hydrogen-bond donors (Lipinski definition) is 4. The van der Waals surface area contributed by atoms with Crippen molar-refractivity contribution in [1.29, 1.82) is 0 Å². The first-order valence-electron chi connectivity index (χ1n) is 13.9. The average Bonchev–Trinajstić information content (AvgIpc) is 2.86. The van der Waals surface area contributed by atoms with Crippen molar-refractivity contribution in [2.45, 2.75) is 115 Å². The van der Waals surface area contributed by atoms with Gasteiger partial charge in [0.05, 0.1) is 30.8 Å². The fraction of sp³-hybridized carbons (Fsp3) is 0.733. The number of allylic oxidation sites excluding steroid dienone is 3. The Morgan fingerprint density at radius 3 is 2.44 bits per heavy atom. The van der Waals surface area contributed by atoms with Crippen molar-refractivity contribution >= 4 is 34.5 Å². The van der Waals surface area contributed by atoms with Crippen molar-refractivity contribution in [3.8, 4) is 0 Å². The molecule has 0 aromatic heterocycles. The molecule has 0 saturated heterocycles. The van der Waals surface area contributed by atoms with E-state index in [1.54, 1.807) is 13.0 Å². The Morgan fingerprint density at radius 1 is 1.21 bits per heavy atom. The fourth-order valence-corrected chi connectivity index (χ4v) is 6.14. The third-order valence-electron chi connectivity index (χ3n) is 7.46. The number of carbonyl (C=O) groups excluding carboxylic acids is 2. The Labute approximate surface area is 247 Å². The van der Waals surface area contributed by atoms with E-state index < -0.39 is 54.5 Å². The molecule has 11 unspecified atom stereocenters. The average molecular weight is 665 g/mol. The van der Waals surface area contributed by atoms with Crippen LogP contribution in [-0.2, 0) is 19.1 Å². The molecule has 0 radical (unpaired) electrons. The molecule has 0 saturated carbocycles. The maximum absolute atomic E-state index is 12.6. The summed E-state index contributed by atoms with van der Waals surface area (Å²) in [5.74, 6) is -1.81. The molecule has 1 aliphatic heterocycles. The lowest BCUT2D eigenvalue weighted by Gasteiger charge is -2.29. The molecule has 0 amide bonds. The Bertz CT molecular complexity index is 856. The van der Waals surface area contributed by atoms with Gasteiger partial charge in [0, 0.05) is 35.0 Å². The van der Waals surface area contributed by atoms with E-state index in [-0.39, 0.29) is 34.5 Å². The van der Waals surface area contributed by atoms with Crippen LogP contribution in [0.1, 0.15) is 74.1 Å². The highest BCUT2D eigenvalue weighted by Gasteiger charge is 2.31. The normalized spacial score (nSPS) is 32.2. The van der Waals surface area contributed by atoms with Crippen LogP contribution in [0.15, 0.2) is 36.0 Å². The second-order valence-electron chi connectivity index (χ2n) is 11.1. The first kappa shape index (κ1) is 35.8. The number of esters is 2. The SMILES string of the molecule is CCC(O)C(C)C(O)C(I)CC(C)C=C/C=C(\C)C1OC(=O)CC(O)CC(O)C(C)C(OC(C)=O)/C=C/C1C. The Kier molecular flexibility index (Phi) is 16.1. The van der Waals surface area contributed by atoms with Crippen LogP contribution in [-0.4, -0.2) is 72.9 Å². The zero-order chi connectivity index (χ0) is 29.9. The maximum Gasteiger partial charge on any atom is 0.309 e. The Hall–Kier alpha value is -1.27. The number of rotatable bonds is 10. The standard InChI is InChI=1S/C30H49IO8/c1-8-25(34)21(6)29(37)24(31)14-17(2)10-9-11-18(3)30-19(4)12-13-27(38-22(7)32)20(5)26(35)15-23(33)16-28(36)39-30/h9-13,17,19-21,23-27,29-30,33-35,37H,8,14-16H2,1-7H3/b10-9?,13-12+,18-11+. The molecule has 4 N–H and O–H groups in total. The third-order valence-corrected chi connectivity index (χ3v) is 8.71. The molecule has 1 heterocycles. The molecule has 1 rings (SSSR count). The predicted octanol–water partition coefficient (Wildman–Crippen LogP) is 4.27. The number of carbonyl (C=O) groups is 2. The second kappa shape index (κ2) is 17.5. The van der Waals surface area contributed by atoms with Crippen LogP contribution in [0.3, 0.4) is 0 Å². The van der Waals surface area contributed by atoms with Gasteiger partial charge in [0.25, 0.3) is 0 Å². The van der Waals surface area contributed by atoms with Crippen LogP contribution in [0, 0.1) is 23.7 Å². The second-order valence-corrected chi connectivity index (χ2v) is 12.7. The van der Waals surface area contributed by atoms with Crippen molar-refractivity contribution in [2.75, 3.05) is 0 Å². The van der Waals surface area contributed by atoms with Crippen LogP contribution in [0.5, 0.6) is 0 Å². The number of aliphatic hydroxyl groups excluding tert-OH is 4. The van der Waals surface area contributed by atoms with Crippen molar-refractivity contribution in [2.24, 2.45) is 23.7 Å². The number of alkyl halides is 1. The molecule has 1 aliphatic rings. The molecule has 11 atom stereocenters. The summed E-state index contributed by atoms with van der Waals surface area (Å²) in [4.78, 5) is 24.3. The molecule has 8 nitrogen and oxygen atoms in total. The summed E-state index contributed by atoms with van der Waals surface area (Å²) < 4.78 is 11.2. The van der Waals surface area contributed by atoms with Crippen LogP contribution < -0.4 is 0 Å². The number of ether oxygens (including phenoxy) is 2. The summed E-state index contributed by atoms with van der Waals surface area (Å²) in [6.07, 6.45) is 5.93. The lowest BCUT2D eigenvalue weighted by molar-refractivity contribution is -0.151. The van der Waals surface area contributed by atoms with Crippen molar-refractivity contribution in [3.05, 3.63) is 36.0 Å². The smallest absolute Gasteiger partial charge is 0.309 e. The van der Waals surface area contributed by atoms with Crippen LogP contribution >= 0.6 is 22.6 Å². The van der Waals surface area contributed by atoms with Crippen LogP contribution in [0.2, 0.25) is 0 Å². The highest BCUT2D eigenvalue weighted by molar-refractivity contribution is 14.1. The fourth-order valence-electron chi connectivity index (χ4n) is 4.69. The van der Waals surface area contributed by atoms with Gasteiger partial charge in [-0.3, -0.25) is 9.59 Å². The molecule has 0 fully saturated rings. The lowest BCUT2D eigenvalue weighted by atomic mass is 9.90. The van der Waals surface area contributed by atoms with Crippen LogP contribution in [0.25, 0.3) is 0 Å². The predicted molar refractivity (Wildman–Crippen MR) is 160 cm³/mol. The minimum atomic E-state index is -1.09. The van der Waals surface area contributed by atoms with Gasteiger partial charge in [0.1, 0.15) is 12.2 Å². The Morgan fingerprint density at radius 2 is 1.85 bits per heavy atom. The van der Waals surface area contributed by atoms with Crippen molar-refractivity contribution in [3.63, 3.8) is 0 Å². The molecule has 39 heavy (non-hydrogen) atoms. The largest absolute Gasteiger partial charge is 0.458 e. The zero-order valence-corrected chi connectivity index (χ0v) is 26.5. The van der Waals surface area contributed by atoms with E-state index in [2.05, 4.69) is 29.5 Å². The van der Waals surface area contributed by atoms with Gasteiger partial charge in [0.15, 0.2) is 0 Å². The molecular formula is C30H49IO8. The summed E-state index contributed by atoms with van der Waals surface area (Å²) in [6.45, 7) is 12.6. The third kappa shape index (κ3) is 12.4. The van der Waals surface area contributed by atoms with Gasteiger partial charge in [0.2, 0.25) is 0 Å². The number of aliphatic hydroxyl groups is 4. The summed E-state index contributed by atoms with van der Waals surface area (Å²) in [7, 11) is 0. The van der Waals surface area contributed by atoms with Gasteiger partial charge in [-0.2, -0.15) is 0 Å². The van der Waals surface area contributed by atoms with Crippen molar-refractivity contribution in [1.82, 2.24) is 0 Å². The molecule has 0 aliphatic carbocycles. The number of hydrogen-bond acceptors (Lipinski definition) is 8. The minimum Gasteiger partial charge on any atom is -0.458 e. The van der Waals surface area contributed by atoms with Gasteiger partial charge in [-0.15, -0.1) is 0 Å². The van der Waals surface area contributed by atoms with Gasteiger partial charge >= 0.3 is 11.9 Å². The number of halogens is 1. The minimum absolute atomic E-state index is 0.0153. The van der Waals surface area contributed by atoms with Crippen LogP contribution in [0.4, 0.5) is 0 Å². The molecular weight excluding hydrogens is 615 g/mol. The summed E-state index contributed by atoms with van der Waals surface area (Å²) >= 11 is 2.24. The maximum atomic E-state index is 12.6. The first-order valence-corrected chi connectivity index (χ1v) is 15.2. The topological polar surface area (TPSA) is 134 Å². The molecule has 0 aromatic rings. The molecule has 0 spiro atoms. The highest BCUT2D eigenvalue weighted by atomic mass is 127. The van der Waals surface area contributed by atoms with E-state index in [1.807, 2.05) is 52.0 Å². The van der Waals surface area contributed by atoms with E-state index in [1.165, 1.54) is 6.92 Å². The monoisotopic (exact) mass is 664 g/mol. The molecule has 9 heteroatoms. The van der Waals surface area contributed by atoms with Gasteiger partial charge in [-0.25, -0.2) is 0 Å². The number of cyclic esters (lactones) is 1. The molecule has 224 valence electrons. The quantitative estimate of drug-likeness (QED) is 0.0895. The van der Waals surface area contributed by atoms with E-state index in [9.17, 15) is 30.0 Å². The molecule has 0 bridgehead atoms. The van der Waals surface area contributed by atoms with E-state index in [4.69, 9.17) is 9.47 Å². The van der Waals surface area contributed by atoms with E-state index in [0.29, 0.717) is 6.42 Å². The summed E-state index contributed by atoms with van der Waals surface area (Å²) in [6, 6.07) is 0. The van der Waals surface area contributed by atoms with Gasteiger partial charge in [-0.05, 0) is 37.3 Å². The van der Waals surface area contributed by atoms with E-state index >= 15 is 0 Å². The Balaban J connectivity index is 3.06.